The average Bonchev–Trinajstić information content (AvgIpc) is 2.58. The highest BCUT2D eigenvalue weighted by Crippen LogP contribution is 2.15. The van der Waals surface area contributed by atoms with E-state index in [1.54, 1.807) is 0 Å². The molecule has 17 heavy (non-hydrogen) atoms. The molecule has 1 rings (SSSR count). The zero-order valence-electron chi connectivity index (χ0n) is 11.2. The highest BCUT2D eigenvalue weighted by molar-refractivity contribution is 5.69. The topological polar surface area (TPSA) is 55.6 Å². The summed E-state index contributed by atoms with van der Waals surface area (Å²) in [5.41, 5.74) is 5.97. The van der Waals surface area contributed by atoms with Crippen LogP contribution in [-0.2, 0) is 9.53 Å². The number of unbranched alkanes of at least 4 members (excludes halogenated alkanes) is 2. The summed E-state index contributed by atoms with van der Waals surface area (Å²) in [5.74, 6) is 0.554. The molecule has 1 heterocycles. The van der Waals surface area contributed by atoms with Gasteiger partial charge in [-0.25, -0.2) is 0 Å². The van der Waals surface area contributed by atoms with Gasteiger partial charge in [0.1, 0.15) is 0 Å². The Labute approximate surface area is 104 Å². The second kappa shape index (κ2) is 7.67. The fourth-order valence-electron chi connectivity index (χ4n) is 2.29. The maximum Gasteiger partial charge on any atom is 0.305 e. The average molecular weight is 242 g/mol. The van der Waals surface area contributed by atoms with E-state index in [2.05, 4.69) is 11.8 Å². The molecule has 0 radical (unpaired) electrons. The molecule has 0 spiro atoms. The molecule has 4 heteroatoms. The molecule has 0 amide bonds. The summed E-state index contributed by atoms with van der Waals surface area (Å²) in [4.78, 5) is 13.5. The van der Waals surface area contributed by atoms with Crippen molar-refractivity contribution in [1.82, 2.24) is 4.90 Å². The molecular formula is C13H26N2O2. The summed E-state index contributed by atoms with van der Waals surface area (Å²) in [6.07, 6.45) is 3.75. The first kappa shape index (κ1) is 14.5. The Bertz CT molecular complexity index is 223. The molecule has 0 aromatic carbocycles. The van der Waals surface area contributed by atoms with Crippen LogP contribution in [0.3, 0.4) is 0 Å². The third kappa shape index (κ3) is 5.50. The van der Waals surface area contributed by atoms with E-state index in [9.17, 15) is 4.79 Å². The molecule has 0 aromatic rings. The largest absolute Gasteiger partial charge is 0.466 e. The monoisotopic (exact) mass is 242 g/mol. The normalized spacial score (nSPS) is 25.1. The van der Waals surface area contributed by atoms with Crippen LogP contribution in [0.4, 0.5) is 0 Å². The number of nitrogens with zero attached hydrogens (tertiary/aromatic N) is 1. The van der Waals surface area contributed by atoms with E-state index in [-0.39, 0.29) is 5.97 Å². The summed E-state index contributed by atoms with van der Waals surface area (Å²) in [6, 6.07) is 0.342. The molecule has 0 aromatic heterocycles. The van der Waals surface area contributed by atoms with E-state index < -0.39 is 0 Å². The first-order valence-corrected chi connectivity index (χ1v) is 6.77. The van der Waals surface area contributed by atoms with Gasteiger partial charge < -0.3 is 15.4 Å². The van der Waals surface area contributed by atoms with Crippen LogP contribution in [0.2, 0.25) is 0 Å². The lowest BCUT2D eigenvalue weighted by molar-refractivity contribution is -0.143. The lowest BCUT2D eigenvalue weighted by Crippen LogP contribution is -2.28. The van der Waals surface area contributed by atoms with Gasteiger partial charge >= 0.3 is 5.97 Å². The van der Waals surface area contributed by atoms with Crippen LogP contribution in [-0.4, -0.2) is 43.2 Å². The van der Waals surface area contributed by atoms with Gasteiger partial charge in [0, 0.05) is 25.6 Å². The van der Waals surface area contributed by atoms with Crippen LogP contribution < -0.4 is 5.73 Å². The maximum atomic E-state index is 11.1. The van der Waals surface area contributed by atoms with Crippen molar-refractivity contribution >= 4 is 5.97 Å². The van der Waals surface area contributed by atoms with Gasteiger partial charge in [-0.3, -0.25) is 4.79 Å². The zero-order valence-corrected chi connectivity index (χ0v) is 11.2. The van der Waals surface area contributed by atoms with E-state index in [4.69, 9.17) is 10.5 Å². The molecule has 4 nitrogen and oxygen atoms in total. The molecule has 1 fully saturated rings. The number of nitrogens with two attached hydrogens (primary N) is 1. The van der Waals surface area contributed by atoms with Gasteiger partial charge in [0.2, 0.25) is 0 Å². The minimum Gasteiger partial charge on any atom is -0.466 e. The van der Waals surface area contributed by atoms with Crippen molar-refractivity contribution < 1.29 is 9.53 Å². The lowest BCUT2D eigenvalue weighted by Gasteiger charge is -2.14. The van der Waals surface area contributed by atoms with Crippen LogP contribution in [0.25, 0.3) is 0 Å². The van der Waals surface area contributed by atoms with Gasteiger partial charge in [0.15, 0.2) is 0 Å². The van der Waals surface area contributed by atoms with Gasteiger partial charge in [-0.2, -0.15) is 0 Å². The van der Waals surface area contributed by atoms with E-state index in [0.717, 1.165) is 38.9 Å². The number of ether oxygens (including phenoxy) is 1. The standard InChI is InChI=1S/C13H26N2O2/c1-3-17-13(16)7-5-4-6-8-15-9-11(2)12(14)10-15/h11-12H,3-10,14H2,1-2H3. The van der Waals surface area contributed by atoms with Gasteiger partial charge in [0.05, 0.1) is 6.61 Å². The Kier molecular flexibility index (Phi) is 6.52. The second-order valence-electron chi connectivity index (χ2n) is 5.02. The van der Waals surface area contributed by atoms with Crippen molar-refractivity contribution in [2.45, 2.75) is 45.6 Å². The molecule has 0 aliphatic carbocycles. The Balaban J connectivity index is 1.96. The molecule has 1 aliphatic rings. The molecule has 1 saturated heterocycles. The number of carbonyl (C=O) groups excluding carboxylic acids is 1. The van der Waals surface area contributed by atoms with Crippen LogP contribution >= 0.6 is 0 Å². The van der Waals surface area contributed by atoms with E-state index in [1.165, 1.54) is 0 Å². The highest BCUT2D eigenvalue weighted by Gasteiger charge is 2.25. The van der Waals surface area contributed by atoms with Crippen molar-refractivity contribution in [1.29, 1.82) is 0 Å². The van der Waals surface area contributed by atoms with E-state index >= 15 is 0 Å². The number of hydrogen-bond donors (Lipinski definition) is 1. The quantitative estimate of drug-likeness (QED) is 0.541. The molecule has 2 N–H and O–H groups in total. The summed E-state index contributed by atoms with van der Waals surface area (Å²) in [7, 11) is 0. The Morgan fingerprint density at radius 3 is 2.71 bits per heavy atom. The van der Waals surface area contributed by atoms with Crippen molar-refractivity contribution in [3.8, 4) is 0 Å². The second-order valence-corrected chi connectivity index (χ2v) is 5.02. The number of carbonyl (C=O) groups is 1. The first-order valence-electron chi connectivity index (χ1n) is 6.77. The number of esters is 1. The fraction of sp³-hybridized carbons (Fsp3) is 0.923. The van der Waals surface area contributed by atoms with Crippen LogP contribution in [0.5, 0.6) is 0 Å². The van der Waals surface area contributed by atoms with Gasteiger partial charge in [0.25, 0.3) is 0 Å². The number of rotatable bonds is 7. The minimum absolute atomic E-state index is 0.0654. The van der Waals surface area contributed by atoms with Crippen molar-refractivity contribution in [2.75, 3.05) is 26.2 Å². The Morgan fingerprint density at radius 2 is 2.12 bits per heavy atom. The van der Waals surface area contributed by atoms with Gasteiger partial charge in [-0.15, -0.1) is 0 Å². The zero-order chi connectivity index (χ0) is 12.7. The van der Waals surface area contributed by atoms with Crippen molar-refractivity contribution in [3.63, 3.8) is 0 Å². The number of likely N-dealkylation sites (tertiary alicyclic amines) is 1. The summed E-state index contributed by atoms with van der Waals surface area (Å²) in [5, 5.41) is 0. The smallest absolute Gasteiger partial charge is 0.305 e. The molecule has 0 saturated carbocycles. The Morgan fingerprint density at radius 1 is 1.35 bits per heavy atom. The highest BCUT2D eigenvalue weighted by atomic mass is 16.5. The summed E-state index contributed by atoms with van der Waals surface area (Å²) >= 11 is 0. The van der Waals surface area contributed by atoms with Crippen LogP contribution in [0.15, 0.2) is 0 Å². The molecule has 1 aliphatic heterocycles. The van der Waals surface area contributed by atoms with Crippen molar-refractivity contribution in [3.05, 3.63) is 0 Å². The number of hydrogen-bond acceptors (Lipinski definition) is 4. The molecular weight excluding hydrogens is 216 g/mol. The van der Waals surface area contributed by atoms with Crippen LogP contribution in [0.1, 0.15) is 39.5 Å². The fourth-order valence-corrected chi connectivity index (χ4v) is 2.29. The predicted molar refractivity (Wildman–Crippen MR) is 68.7 cm³/mol. The lowest BCUT2D eigenvalue weighted by atomic mass is 10.1. The molecule has 0 bridgehead atoms. The molecule has 2 atom stereocenters. The van der Waals surface area contributed by atoms with E-state index in [1.807, 2.05) is 6.92 Å². The summed E-state index contributed by atoms with van der Waals surface area (Å²) < 4.78 is 4.88. The SMILES string of the molecule is CCOC(=O)CCCCCN1CC(C)C(N)C1. The van der Waals surface area contributed by atoms with Gasteiger partial charge in [-0.1, -0.05) is 13.3 Å². The first-order chi connectivity index (χ1) is 8.13. The molecule has 100 valence electrons. The van der Waals surface area contributed by atoms with Gasteiger partial charge in [-0.05, 0) is 32.2 Å². The summed E-state index contributed by atoms with van der Waals surface area (Å²) in [6.45, 7) is 7.81. The predicted octanol–water partition coefficient (Wildman–Crippen LogP) is 1.39. The third-order valence-corrected chi connectivity index (χ3v) is 3.41. The Hall–Kier alpha value is -0.610. The third-order valence-electron chi connectivity index (χ3n) is 3.41. The van der Waals surface area contributed by atoms with Crippen molar-refractivity contribution in [2.24, 2.45) is 11.7 Å². The maximum absolute atomic E-state index is 11.1. The minimum atomic E-state index is -0.0654. The molecule has 2 unspecified atom stereocenters. The van der Waals surface area contributed by atoms with E-state index in [0.29, 0.717) is 25.0 Å². The van der Waals surface area contributed by atoms with Crippen LogP contribution in [0, 0.1) is 5.92 Å².